The van der Waals surface area contributed by atoms with Gasteiger partial charge in [0.15, 0.2) is 12.0 Å². The van der Waals surface area contributed by atoms with Gasteiger partial charge < -0.3 is 14.6 Å². The second-order valence-electron chi connectivity index (χ2n) is 6.66. The van der Waals surface area contributed by atoms with Gasteiger partial charge in [0.25, 0.3) is 0 Å². The van der Waals surface area contributed by atoms with Gasteiger partial charge in [-0.1, -0.05) is 23.7 Å². The molecule has 0 spiro atoms. The lowest BCUT2D eigenvalue weighted by Crippen LogP contribution is -2.43. The highest BCUT2D eigenvalue weighted by Gasteiger charge is 2.40. The molecule has 3 aromatic rings. The molecule has 1 aromatic heterocycles. The number of rotatable bonds is 2. The molecule has 2 aliphatic rings. The van der Waals surface area contributed by atoms with Crippen molar-refractivity contribution in [1.29, 1.82) is 0 Å². The van der Waals surface area contributed by atoms with E-state index in [1.54, 1.807) is 12.1 Å². The molecule has 1 N–H and O–H groups in total. The standard InChI is InChI=1S/C21H16ClFN2O2/c1-12-5-7-20(26-12)17-11-18-16-10-14(22)6-8-19(16)27-21(25(18)24-17)13-3-2-4-15(23)9-13/h2-11,18,21,24H,1H3. The van der Waals surface area contributed by atoms with Crippen LogP contribution in [0, 0.1) is 12.7 Å². The highest BCUT2D eigenvalue weighted by Crippen LogP contribution is 2.46. The molecule has 0 radical (unpaired) electrons. The third-order valence-corrected chi connectivity index (χ3v) is 5.03. The smallest absolute Gasteiger partial charge is 0.196 e. The average molecular weight is 383 g/mol. The van der Waals surface area contributed by atoms with Crippen molar-refractivity contribution in [2.45, 2.75) is 19.2 Å². The first kappa shape index (κ1) is 16.4. The zero-order valence-electron chi connectivity index (χ0n) is 14.4. The molecule has 3 heterocycles. The third-order valence-electron chi connectivity index (χ3n) is 4.80. The summed E-state index contributed by atoms with van der Waals surface area (Å²) in [7, 11) is 0. The molecule has 5 rings (SSSR count). The van der Waals surface area contributed by atoms with Crippen LogP contribution in [0.1, 0.15) is 34.9 Å². The number of hydrazine groups is 1. The molecule has 0 saturated carbocycles. The van der Waals surface area contributed by atoms with Crippen LogP contribution < -0.4 is 10.2 Å². The Bertz CT molecular complexity index is 1060. The van der Waals surface area contributed by atoms with Crippen molar-refractivity contribution in [2.24, 2.45) is 0 Å². The minimum Gasteiger partial charge on any atom is -0.469 e. The molecule has 0 aliphatic carbocycles. The summed E-state index contributed by atoms with van der Waals surface area (Å²) in [5, 5.41) is 2.58. The van der Waals surface area contributed by atoms with Gasteiger partial charge in [-0.15, -0.1) is 0 Å². The van der Waals surface area contributed by atoms with Gasteiger partial charge in [-0.2, -0.15) is 5.01 Å². The Kier molecular flexibility index (Phi) is 3.74. The lowest BCUT2D eigenvalue weighted by atomic mass is 10.0. The van der Waals surface area contributed by atoms with Gasteiger partial charge in [-0.05, 0) is 55.5 Å². The highest BCUT2D eigenvalue weighted by atomic mass is 35.5. The molecule has 2 atom stereocenters. The van der Waals surface area contributed by atoms with Crippen LogP contribution in [0.25, 0.3) is 5.70 Å². The van der Waals surface area contributed by atoms with E-state index in [1.165, 1.54) is 12.1 Å². The van der Waals surface area contributed by atoms with Gasteiger partial charge in [0, 0.05) is 16.1 Å². The second kappa shape index (κ2) is 6.15. The molecule has 0 amide bonds. The van der Waals surface area contributed by atoms with Gasteiger partial charge in [0.2, 0.25) is 0 Å². The average Bonchev–Trinajstić information content (AvgIpc) is 3.27. The number of halogens is 2. The SMILES string of the molecule is Cc1ccc(C2=CC3c4cc(Cl)ccc4OC(c4cccc(F)c4)N3N2)o1. The number of ether oxygens (including phenoxy) is 1. The van der Waals surface area contributed by atoms with Crippen molar-refractivity contribution in [3.05, 3.63) is 94.2 Å². The summed E-state index contributed by atoms with van der Waals surface area (Å²) in [6.07, 6.45) is 1.58. The molecule has 2 aromatic carbocycles. The predicted molar refractivity (Wildman–Crippen MR) is 100 cm³/mol. The van der Waals surface area contributed by atoms with E-state index in [4.69, 9.17) is 20.8 Å². The topological polar surface area (TPSA) is 37.6 Å². The summed E-state index contributed by atoms with van der Waals surface area (Å²) in [6.45, 7) is 1.90. The largest absolute Gasteiger partial charge is 0.469 e. The Morgan fingerprint density at radius 3 is 2.78 bits per heavy atom. The quantitative estimate of drug-likeness (QED) is 0.646. The monoisotopic (exact) mass is 382 g/mol. The van der Waals surface area contributed by atoms with Crippen molar-refractivity contribution < 1.29 is 13.5 Å². The minimum atomic E-state index is -0.496. The summed E-state index contributed by atoms with van der Waals surface area (Å²) in [6, 6.07) is 15.7. The van der Waals surface area contributed by atoms with Crippen LogP contribution in [-0.4, -0.2) is 5.01 Å². The lowest BCUT2D eigenvalue weighted by Gasteiger charge is -2.38. The number of furan rings is 1. The van der Waals surface area contributed by atoms with Crippen LogP contribution in [0.4, 0.5) is 4.39 Å². The van der Waals surface area contributed by atoms with Crippen molar-refractivity contribution in [1.82, 2.24) is 10.4 Å². The fourth-order valence-corrected chi connectivity index (χ4v) is 3.75. The first-order valence-electron chi connectivity index (χ1n) is 8.64. The maximum atomic E-state index is 13.8. The summed E-state index contributed by atoms with van der Waals surface area (Å²) in [5.41, 5.74) is 5.87. The van der Waals surface area contributed by atoms with Gasteiger partial charge >= 0.3 is 0 Å². The number of fused-ring (bicyclic) bond motifs is 3. The van der Waals surface area contributed by atoms with Crippen molar-refractivity contribution in [2.75, 3.05) is 0 Å². The summed E-state index contributed by atoms with van der Waals surface area (Å²) < 4.78 is 25.8. The first-order valence-corrected chi connectivity index (χ1v) is 9.01. The Hall–Kier alpha value is -2.76. The third kappa shape index (κ3) is 2.80. The summed E-state index contributed by atoms with van der Waals surface area (Å²) >= 11 is 6.21. The van der Waals surface area contributed by atoms with E-state index >= 15 is 0 Å². The van der Waals surface area contributed by atoms with E-state index in [2.05, 4.69) is 11.5 Å². The van der Waals surface area contributed by atoms with E-state index in [1.807, 2.05) is 42.3 Å². The molecule has 136 valence electrons. The molecule has 2 unspecified atom stereocenters. The fourth-order valence-electron chi connectivity index (χ4n) is 3.57. The zero-order valence-corrected chi connectivity index (χ0v) is 15.2. The molecule has 4 nitrogen and oxygen atoms in total. The van der Waals surface area contributed by atoms with E-state index in [-0.39, 0.29) is 11.9 Å². The fraction of sp³-hybridized carbons (Fsp3) is 0.143. The van der Waals surface area contributed by atoms with E-state index in [0.717, 1.165) is 34.1 Å². The second-order valence-corrected chi connectivity index (χ2v) is 7.10. The van der Waals surface area contributed by atoms with Gasteiger partial charge in [0.05, 0.1) is 11.7 Å². The number of aryl methyl sites for hydroxylation is 1. The molecule has 0 saturated heterocycles. The van der Waals surface area contributed by atoms with E-state index < -0.39 is 6.23 Å². The predicted octanol–water partition coefficient (Wildman–Crippen LogP) is 5.37. The zero-order chi connectivity index (χ0) is 18.5. The molecule has 0 bridgehead atoms. The maximum Gasteiger partial charge on any atom is 0.196 e. The Balaban J connectivity index is 1.61. The van der Waals surface area contributed by atoms with Crippen LogP contribution in [0.5, 0.6) is 5.75 Å². The number of nitrogens with one attached hydrogen (secondary N) is 1. The van der Waals surface area contributed by atoms with Crippen LogP contribution in [0.15, 0.2) is 65.1 Å². The lowest BCUT2D eigenvalue weighted by molar-refractivity contribution is -0.0329. The molecule has 6 heteroatoms. The normalized spacial score (nSPS) is 21.1. The molecule has 27 heavy (non-hydrogen) atoms. The first-order chi connectivity index (χ1) is 13.1. The summed E-state index contributed by atoms with van der Waals surface area (Å²) in [4.78, 5) is 0. The maximum absolute atomic E-state index is 13.8. The van der Waals surface area contributed by atoms with Gasteiger partial charge in [-0.25, -0.2) is 4.39 Å². The van der Waals surface area contributed by atoms with E-state index in [0.29, 0.717) is 5.02 Å². The van der Waals surface area contributed by atoms with Crippen molar-refractivity contribution in [3.8, 4) is 5.75 Å². The van der Waals surface area contributed by atoms with Crippen LogP contribution in [0.2, 0.25) is 5.02 Å². The number of nitrogens with zero attached hydrogens (tertiary/aromatic N) is 1. The molecular weight excluding hydrogens is 367 g/mol. The Morgan fingerprint density at radius 2 is 2.00 bits per heavy atom. The number of hydrogen-bond donors (Lipinski definition) is 1. The Morgan fingerprint density at radius 1 is 1.11 bits per heavy atom. The highest BCUT2D eigenvalue weighted by molar-refractivity contribution is 6.30. The molecule has 0 fully saturated rings. The van der Waals surface area contributed by atoms with Crippen LogP contribution in [-0.2, 0) is 0 Å². The molecule has 2 aliphatic heterocycles. The number of hydrogen-bond acceptors (Lipinski definition) is 4. The van der Waals surface area contributed by atoms with E-state index in [9.17, 15) is 4.39 Å². The van der Waals surface area contributed by atoms with Crippen LogP contribution in [0.3, 0.4) is 0 Å². The van der Waals surface area contributed by atoms with Crippen LogP contribution >= 0.6 is 11.6 Å². The molecular formula is C21H16ClFN2O2. The van der Waals surface area contributed by atoms with Gasteiger partial charge in [0.1, 0.15) is 17.3 Å². The number of benzene rings is 2. The van der Waals surface area contributed by atoms with Crippen molar-refractivity contribution in [3.63, 3.8) is 0 Å². The van der Waals surface area contributed by atoms with Crippen molar-refractivity contribution >= 4 is 17.3 Å². The van der Waals surface area contributed by atoms with Gasteiger partial charge in [-0.3, -0.25) is 0 Å². The summed E-state index contributed by atoms with van der Waals surface area (Å²) in [5.74, 6) is 2.00. The Labute approximate surface area is 160 Å². The minimum absolute atomic E-state index is 0.124.